The molecule has 0 radical (unpaired) electrons. The summed E-state index contributed by atoms with van der Waals surface area (Å²) in [6.07, 6.45) is 23.4. The van der Waals surface area contributed by atoms with Crippen LogP contribution in [0.5, 0.6) is 0 Å². The van der Waals surface area contributed by atoms with Crippen molar-refractivity contribution in [1.82, 2.24) is 5.32 Å². The molecule has 0 aliphatic heterocycles. The lowest BCUT2D eigenvalue weighted by molar-refractivity contribution is 0.531. The van der Waals surface area contributed by atoms with Crippen molar-refractivity contribution >= 4 is 17.0 Å². The molecular formula is C20H46BrN. The molecular weight excluding hydrogens is 334 g/mol. The summed E-state index contributed by atoms with van der Waals surface area (Å²) in [5.41, 5.74) is 0. The summed E-state index contributed by atoms with van der Waals surface area (Å²) >= 11 is 0. The molecule has 1 nitrogen and oxygen atoms in total. The molecule has 0 aromatic heterocycles. The Labute approximate surface area is 153 Å². The number of nitrogens with one attached hydrogen (secondary N) is 1. The lowest BCUT2D eigenvalue weighted by Crippen LogP contribution is -1.89. The van der Waals surface area contributed by atoms with Crippen LogP contribution in [0.2, 0.25) is 0 Å². The van der Waals surface area contributed by atoms with Gasteiger partial charge >= 0.3 is 0 Å². The molecule has 0 saturated carbocycles. The number of hydrogen-bond donors (Lipinski definition) is 1. The van der Waals surface area contributed by atoms with E-state index in [0.717, 1.165) is 0 Å². The van der Waals surface area contributed by atoms with Gasteiger partial charge in [-0.15, -0.1) is 17.0 Å². The fourth-order valence-corrected chi connectivity index (χ4v) is 2.62. The molecule has 0 amide bonds. The van der Waals surface area contributed by atoms with E-state index in [1.165, 1.54) is 103 Å². The van der Waals surface area contributed by atoms with Gasteiger partial charge in [-0.2, -0.15) is 0 Å². The smallest absolute Gasteiger partial charge is 0.0167 e. The largest absolute Gasteiger partial charge is 0.323 e. The maximum atomic E-state index is 2.75. The second-order valence-electron chi connectivity index (χ2n) is 6.45. The summed E-state index contributed by atoms with van der Waals surface area (Å²) in [7, 11) is 3.75. The Morgan fingerprint density at radius 2 is 0.545 bits per heavy atom. The van der Waals surface area contributed by atoms with E-state index < -0.39 is 0 Å². The van der Waals surface area contributed by atoms with Crippen molar-refractivity contribution in [3.8, 4) is 0 Å². The average molecular weight is 380 g/mol. The summed E-state index contributed by atoms with van der Waals surface area (Å²) in [5, 5.41) is 2.75. The van der Waals surface area contributed by atoms with E-state index in [4.69, 9.17) is 0 Å². The first-order valence-electron chi connectivity index (χ1n) is 9.91. The summed E-state index contributed by atoms with van der Waals surface area (Å²) in [4.78, 5) is 0. The minimum atomic E-state index is 0. The third kappa shape index (κ3) is 32.4. The van der Waals surface area contributed by atoms with E-state index in [9.17, 15) is 0 Å². The number of unbranched alkanes of at least 4 members (excludes halogenated alkanes) is 15. The normalized spacial score (nSPS) is 9.82. The van der Waals surface area contributed by atoms with E-state index in [-0.39, 0.29) is 17.0 Å². The van der Waals surface area contributed by atoms with Crippen molar-refractivity contribution < 1.29 is 0 Å². The van der Waals surface area contributed by atoms with Gasteiger partial charge in [0.1, 0.15) is 0 Å². The van der Waals surface area contributed by atoms with E-state index in [1.807, 2.05) is 14.1 Å². The predicted molar refractivity (Wildman–Crippen MR) is 111 cm³/mol. The number of rotatable bonds is 15. The first kappa shape index (κ1) is 27.3. The Kier molecular flexibility index (Phi) is 36.5. The molecule has 1 N–H and O–H groups in total. The summed E-state index contributed by atoms with van der Waals surface area (Å²) in [6, 6.07) is 0. The van der Waals surface area contributed by atoms with E-state index >= 15 is 0 Å². The second-order valence-corrected chi connectivity index (χ2v) is 6.45. The first-order valence-corrected chi connectivity index (χ1v) is 9.91. The monoisotopic (exact) mass is 379 g/mol. The topological polar surface area (TPSA) is 12.0 Å². The molecule has 0 aromatic rings. The number of halogens is 1. The SMILES string of the molecule is Br.CCCCCCCCCCCCCCCCCC.CNC. The van der Waals surface area contributed by atoms with Crippen molar-refractivity contribution in [3.05, 3.63) is 0 Å². The first-order chi connectivity index (χ1) is 10.3. The Morgan fingerprint density at radius 1 is 0.409 bits per heavy atom. The van der Waals surface area contributed by atoms with Crippen LogP contribution >= 0.6 is 17.0 Å². The highest BCUT2D eigenvalue weighted by Gasteiger charge is 1.93. The molecule has 0 aliphatic carbocycles. The van der Waals surface area contributed by atoms with E-state index in [2.05, 4.69) is 19.2 Å². The highest BCUT2D eigenvalue weighted by atomic mass is 79.9. The maximum absolute atomic E-state index is 2.75. The van der Waals surface area contributed by atoms with Gasteiger partial charge in [-0.25, -0.2) is 0 Å². The van der Waals surface area contributed by atoms with Crippen LogP contribution in [0, 0.1) is 0 Å². The van der Waals surface area contributed by atoms with Crippen molar-refractivity contribution in [1.29, 1.82) is 0 Å². The zero-order chi connectivity index (χ0) is 16.0. The zero-order valence-corrected chi connectivity index (χ0v) is 17.9. The fourth-order valence-electron chi connectivity index (χ4n) is 2.62. The minimum Gasteiger partial charge on any atom is -0.323 e. The molecule has 0 heterocycles. The van der Waals surface area contributed by atoms with E-state index in [0.29, 0.717) is 0 Å². The molecule has 0 rings (SSSR count). The molecule has 22 heavy (non-hydrogen) atoms. The van der Waals surface area contributed by atoms with Gasteiger partial charge < -0.3 is 5.32 Å². The molecule has 0 spiro atoms. The minimum absolute atomic E-state index is 0. The molecule has 0 unspecified atom stereocenters. The Hall–Kier alpha value is 0.440. The molecule has 2 heteroatoms. The molecule has 0 atom stereocenters. The average Bonchev–Trinajstić information content (AvgIpc) is 2.48. The van der Waals surface area contributed by atoms with Crippen LogP contribution in [-0.2, 0) is 0 Å². The van der Waals surface area contributed by atoms with Gasteiger partial charge in [0.15, 0.2) is 0 Å². The van der Waals surface area contributed by atoms with E-state index in [1.54, 1.807) is 0 Å². The van der Waals surface area contributed by atoms with Crippen molar-refractivity contribution in [3.63, 3.8) is 0 Å². The van der Waals surface area contributed by atoms with Gasteiger partial charge in [0.25, 0.3) is 0 Å². The van der Waals surface area contributed by atoms with Gasteiger partial charge in [-0.05, 0) is 14.1 Å². The van der Waals surface area contributed by atoms with Gasteiger partial charge in [0, 0.05) is 0 Å². The van der Waals surface area contributed by atoms with Gasteiger partial charge in [-0.1, -0.05) is 117 Å². The predicted octanol–water partition coefficient (Wildman–Crippen LogP) is 7.68. The Morgan fingerprint density at radius 3 is 0.682 bits per heavy atom. The molecule has 0 bridgehead atoms. The van der Waals surface area contributed by atoms with Crippen LogP contribution in [0.4, 0.5) is 0 Å². The molecule has 138 valence electrons. The molecule has 0 fully saturated rings. The lowest BCUT2D eigenvalue weighted by atomic mass is 10.0. The van der Waals surface area contributed by atoms with Crippen LogP contribution in [0.1, 0.15) is 117 Å². The molecule has 0 aromatic carbocycles. The number of hydrogen-bond acceptors (Lipinski definition) is 1. The highest BCUT2D eigenvalue weighted by Crippen LogP contribution is 2.13. The Bertz CT molecular complexity index is 135. The maximum Gasteiger partial charge on any atom is -0.0167 e. The van der Waals surface area contributed by atoms with Crippen LogP contribution in [0.25, 0.3) is 0 Å². The summed E-state index contributed by atoms with van der Waals surface area (Å²) in [6.45, 7) is 4.59. The third-order valence-corrected chi connectivity index (χ3v) is 3.96. The fraction of sp³-hybridized carbons (Fsp3) is 1.00. The second kappa shape index (κ2) is 29.5. The van der Waals surface area contributed by atoms with Crippen LogP contribution in [-0.4, -0.2) is 14.1 Å². The van der Waals surface area contributed by atoms with Crippen LogP contribution in [0.15, 0.2) is 0 Å². The van der Waals surface area contributed by atoms with Crippen molar-refractivity contribution in [2.24, 2.45) is 0 Å². The van der Waals surface area contributed by atoms with Gasteiger partial charge in [0.2, 0.25) is 0 Å². The third-order valence-electron chi connectivity index (χ3n) is 3.96. The van der Waals surface area contributed by atoms with Gasteiger partial charge in [-0.3, -0.25) is 0 Å². The summed E-state index contributed by atoms with van der Waals surface area (Å²) in [5.74, 6) is 0. The highest BCUT2D eigenvalue weighted by molar-refractivity contribution is 8.93. The van der Waals surface area contributed by atoms with Crippen LogP contribution < -0.4 is 5.32 Å². The molecule has 0 saturated heterocycles. The van der Waals surface area contributed by atoms with Crippen LogP contribution in [0.3, 0.4) is 0 Å². The molecule has 0 aliphatic rings. The summed E-state index contributed by atoms with van der Waals surface area (Å²) < 4.78 is 0. The standard InChI is InChI=1S/C18H38.C2H7N.BrH/c1-3-5-7-9-11-13-15-17-18-16-14-12-10-8-6-4-2;1-3-2;/h3-18H2,1-2H3;3H,1-2H3;1H. The van der Waals surface area contributed by atoms with Crippen molar-refractivity contribution in [2.75, 3.05) is 14.1 Å². The van der Waals surface area contributed by atoms with Gasteiger partial charge in [0.05, 0.1) is 0 Å². The van der Waals surface area contributed by atoms with Crippen molar-refractivity contribution in [2.45, 2.75) is 117 Å². The quantitative estimate of drug-likeness (QED) is 0.287. The lowest BCUT2D eigenvalue weighted by Gasteiger charge is -2.03. The Balaban J connectivity index is -0.000000827. The zero-order valence-electron chi connectivity index (χ0n) is 16.2.